The average molecular weight is 386 g/mol. The molecular weight excluding hydrogens is 359 g/mol. The van der Waals surface area contributed by atoms with Gasteiger partial charge >= 0.3 is 0 Å². The standard InChI is InChI=1S/C21H27FN4O2/c1-2-26(21(28)19-12-23-15-24-20(19)27)14-17-6-4-9-25(13-17)10-8-16-5-3-7-18(22)11-16/h3,5,7,11-12,15,17H,2,4,6,8-10,13-14H2,1H3,(H,23,24,27)/t17-/m0/s1. The van der Waals surface area contributed by atoms with Crippen molar-refractivity contribution >= 4 is 5.91 Å². The molecule has 0 radical (unpaired) electrons. The quantitative estimate of drug-likeness (QED) is 0.793. The average Bonchev–Trinajstić information content (AvgIpc) is 2.71. The topological polar surface area (TPSA) is 69.3 Å². The first-order chi connectivity index (χ1) is 13.6. The monoisotopic (exact) mass is 386 g/mol. The fraction of sp³-hybridized carbons (Fsp3) is 0.476. The van der Waals surface area contributed by atoms with Crippen LogP contribution in [0.2, 0.25) is 0 Å². The van der Waals surface area contributed by atoms with Gasteiger partial charge in [-0.1, -0.05) is 12.1 Å². The highest BCUT2D eigenvalue weighted by Crippen LogP contribution is 2.19. The molecule has 3 rings (SSSR count). The first-order valence-corrected chi connectivity index (χ1v) is 9.85. The lowest BCUT2D eigenvalue weighted by Gasteiger charge is -2.35. The summed E-state index contributed by atoms with van der Waals surface area (Å²) in [4.78, 5) is 35.0. The molecule has 1 amide bonds. The summed E-state index contributed by atoms with van der Waals surface area (Å²) in [6, 6.07) is 6.75. The zero-order valence-electron chi connectivity index (χ0n) is 16.2. The molecule has 1 N–H and O–H groups in total. The fourth-order valence-electron chi connectivity index (χ4n) is 3.82. The smallest absolute Gasteiger partial charge is 0.263 e. The minimum absolute atomic E-state index is 0.0862. The highest BCUT2D eigenvalue weighted by Gasteiger charge is 2.25. The SMILES string of the molecule is CCN(C[C@H]1CCCN(CCc2cccc(F)c2)C1)C(=O)c1cnc[nH]c1=O. The van der Waals surface area contributed by atoms with Crippen LogP contribution in [0.5, 0.6) is 0 Å². The predicted octanol–water partition coefficient (Wildman–Crippen LogP) is 2.33. The molecule has 1 aliphatic rings. The van der Waals surface area contributed by atoms with Crippen LogP contribution in [0.25, 0.3) is 0 Å². The second kappa shape index (κ2) is 9.59. The number of likely N-dealkylation sites (tertiary alicyclic amines) is 1. The summed E-state index contributed by atoms with van der Waals surface area (Å²) in [7, 11) is 0. The molecule has 1 fully saturated rings. The highest BCUT2D eigenvalue weighted by molar-refractivity contribution is 5.93. The maximum Gasteiger partial charge on any atom is 0.263 e. The molecule has 1 saturated heterocycles. The van der Waals surface area contributed by atoms with Gasteiger partial charge in [0.05, 0.1) is 6.33 Å². The molecule has 0 bridgehead atoms. The summed E-state index contributed by atoms with van der Waals surface area (Å²) in [5, 5.41) is 0. The number of carbonyl (C=O) groups excluding carboxylic acids is 1. The Morgan fingerprint density at radius 2 is 2.29 bits per heavy atom. The number of nitrogens with zero attached hydrogens (tertiary/aromatic N) is 3. The summed E-state index contributed by atoms with van der Waals surface area (Å²) >= 11 is 0. The molecule has 150 valence electrons. The molecule has 28 heavy (non-hydrogen) atoms. The molecule has 0 saturated carbocycles. The van der Waals surface area contributed by atoms with Gasteiger partial charge in [-0.25, -0.2) is 9.37 Å². The fourth-order valence-corrected chi connectivity index (χ4v) is 3.82. The molecule has 2 heterocycles. The third-order valence-electron chi connectivity index (χ3n) is 5.31. The summed E-state index contributed by atoms with van der Waals surface area (Å²) in [5.74, 6) is -0.105. The number of amides is 1. The van der Waals surface area contributed by atoms with Crippen LogP contribution >= 0.6 is 0 Å². The number of piperidine rings is 1. The van der Waals surface area contributed by atoms with Gasteiger partial charge in [0.15, 0.2) is 0 Å². The number of aromatic nitrogens is 2. The van der Waals surface area contributed by atoms with E-state index < -0.39 is 5.56 Å². The van der Waals surface area contributed by atoms with Gasteiger partial charge in [-0.3, -0.25) is 9.59 Å². The summed E-state index contributed by atoms with van der Waals surface area (Å²) in [6.07, 6.45) is 5.56. The molecule has 1 aliphatic heterocycles. The van der Waals surface area contributed by atoms with Gasteiger partial charge in [0.1, 0.15) is 11.4 Å². The van der Waals surface area contributed by atoms with Gasteiger partial charge < -0.3 is 14.8 Å². The second-order valence-electron chi connectivity index (χ2n) is 7.33. The van der Waals surface area contributed by atoms with Crippen LogP contribution < -0.4 is 5.56 Å². The number of hydrogen-bond acceptors (Lipinski definition) is 4. The Bertz CT molecular complexity index is 854. The van der Waals surface area contributed by atoms with E-state index in [0.717, 1.165) is 44.5 Å². The van der Waals surface area contributed by atoms with E-state index in [0.29, 0.717) is 19.0 Å². The van der Waals surface area contributed by atoms with Crippen LogP contribution in [0.3, 0.4) is 0 Å². The van der Waals surface area contributed by atoms with E-state index in [1.165, 1.54) is 18.6 Å². The number of carbonyl (C=O) groups is 1. The van der Waals surface area contributed by atoms with E-state index in [4.69, 9.17) is 0 Å². The van der Waals surface area contributed by atoms with Gasteiger partial charge in [0, 0.05) is 32.4 Å². The number of hydrogen-bond donors (Lipinski definition) is 1. The Labute approximate surface area is 164 Å². The number of benzene rings is 1. The summed E-state index contributed by atoms with van der Waals surface area (Å²) in [5.41, 5.74) is 0.685. The van der Waals surface area contributed by atoms with Crippen LogP contribution in [-0.2, 0) is 6.42 Å². The Morgan fingerprint density at radius 1 is 1.43 bits per heavy atom. The number of halogens is 1. The van der Waals surface area contributed by atoms with E-state index in [1.54, 1.807) is 17.0 Å². The second-order valence-corrected chi connectivity index (χ2v) is 7.33. The Morgan fingerprint density at radius 3 is 3.04 bits per heavy atom. The van der Waals surface area contributed by atoms with Crippen molar-refractivity contribution in [3.63, 3.8) is 0 Å². The summed E-state index contributed by atoms with van der Waals surface area (Å²) in [6.45, 7) is 5.90. The number of nitrogens with one attached hydrogen (secondary N) is 1. The van der Waals surface area contributed by atoms with E-state index in [1.807, 2.05) is 13.0 Å². The zero-order valence-corrected chi connectivity index (χ0v) is 16.2. The van der Waals surface area contributed by atoms with Gasteiger partial charge in [-0.05, 0) is 56.3 Å². The Balaban J connectivity index is 1.56. The van der Waals surface area contributed by atoms with Crippen molar-refractivity contribution in [2.75, 3.05) is 32.7 Å². The molecule has 6 nitrogen and oxygen atoms in total. The van der Waals surface area contributed by atoms with E-state index in [9.17, 15) is 14.0 Å². The highest BCUT2D eigenvalue weighted by atomic mass is 19.1. The van der Waals surface area contributed by atoms with E-state index in [2.05, 4.69) is 14.9 Å². The third kappa shape index (κ3) is 5.25. The van der Waals surface area contributed by atoms with Gasteiger partial charge in [0.2, 0.25) is 0 Å². The minimum atomic E-state index is -0.404. The molecule has 0 aliphatic carbocycles. The molecule has 1 aromatic carbocycles. The Kier molecular flexibility index (Phi) is 6.92. The van der Waals surface area contributed by atoms with Crippen molar-refractivity contribution in [2.24, 2.45) is 5.92 Å². The van der Waals surface area contributed by atoms with Crippen LogP contribution in [0, 0.1) is 11.7 Å². The van der Waals surface area contributed by atoms with Crippen molar-refractivity contribution < 1.29 is 9.18 Å². The van der Waals surface area contributed by atoms with E-state index >= 15 is 0 Å². The molecule has 2 aromatic rings. The van der Waals surface area contributed by atoms with Crippen LogP contribution in [0.15, 0.2) is 41.6 Å². The number of rotatable bonds is 7. The van der Waals surface area contributed by atoms with Crippen molar-refractivity contribution in [1.29, 1.82) is 0 Å². The molecule has 0 spiro atoms. The molecule has 0 unspecified atom stereocenters. The van der Waals surface area contributed by atoms with Crippen molar-refractivity contribution in [1.82, 2.24) is 19.8 Å². The van der Waals surface area contributed by atoms with Crippen LogP contribution in [-0.4, -0.2) is 58.4 Å². The van der Waals surface area contributed by atoms with Crippen molar-refractivity contribution in [3.8, 4) is 0 Å². The predicted molar refractivity (Wildman–Crippen MR) is 106 cm³/mol. The maximum absolute atomic E-state index is 13.3. The Hall–Kier alpha value is -2.54. The van der Waals surface area contributed by atoms with Crippen molar-refractivity contribution in [3.05, 3.63) is 64.1 Å². The molecule has 1 atom stereocenters. The maximum atomic E-state index is 13.3. The number of H-pyrrole nitrogens is 1. The van der Waals surface area contributed by atoms with Crippen molar-refractivity contribution in [2.45, 2.75) is 26.2 Å². The van der Waals surface area contributed by atoms with Crippen LogP contribution in [0.4, 0.5) is 4.39 Å². The molecular formula is C21H27FN4O2. The molecule has 7 heteroatoms. The van der Waals surface area contributed by atoms with Gasteiger partial charge in [0.25, 0.3) is 11.5 Å². The number of aromatic amines is 1. The first-order valence-electron chi connectivity index (χ1n) is 9.85. The summed E-state index contributed by atoms with van der Waals surface area (Å²) < 4.78 is 13.3. The van der Waals surface area contributed by atoms with E-state index in [-0.39, 0.29) is 17.3 Å². The lowest BCUT2D eigenvalue weighted by atomic mass is 9.96. The van der Waals surface area contributed by atoms with Gasteiger partial charge in [-0.15, -0.1) is 0 Å². The van der Waals surface area contributed by atoms with Gasteiger partial charge in [-0.2, -0.15) is 0 Å². The zero-order chi connectivity index (χ0) is 19.9. The van der Waals surface area contributed by atoms with Crippen LogP contribution in [0.1, 0.15) is 35.7 Å². The lowest BCUT2D eigenvalue weighted by Crippen LogP contribution is -2.44. The lowest BCUT2D eigenvalue weighted by molar-refractivity contribution is 0.0688. The first kappa shape index (κ1) is 20.2. The largest absolute Gasteiger partial charge is 0.338 e. The third-order valence-corrected chi connectivity index (χ3v) is 5.31. The minimum Gasteiger partial charge on any atom is -0.338 e. The normalized spacial score (nSPS) is 17.4. The molecule has 1 aromatic heterocycles.